The first-order valence-corrected chi connectivity index (χ1v) is 6.56. The Hall–Kier alpha value is -0.510. The van der Waals surface area contributed by atoms with Crippen LogP contribution in [0.4, 0.5) is 26.3 Å². The molecular weight excluding hydrogens is 360 g/mol. The van der Waals surface area contributed by atoms with Gasteiger partial charge in [-0.3, -0.25) is 10.1 Å². The average molecular weight is 370 g/mol. The van der Waals surface area contributed by atoms with Gasteiger partial charge in [0, 0.05) is 18.9 Å². The van der Waals surface area contributed by atoms with E-state index < -0.39 is 46.8 Å². The summed E-state index contributed by atoms with van der Waals surface area (Å²) in [4.78, 5) is 9.65. The molecule has 0 radical (unpaired) electrons. The van der Waals surface area contributed by atoms with Crippen molar-refractivity contribution < 1.29 is 35.9 Å². The second-order valence-corrected chi connectivity index (χ2v) is 5.97. The smallest absolute Gasteiger partial charge is 0.415 e. The molecule has 116 valence electrons. The molecule has 1 saturated heterocycles. The normalized spacial score (nSPS) is 36.2. The van der Waals surface area contributed by atoms with Crippen LogP contribution in [0.5, 0.6) is 0 Å². The third-order valence-electron chi connectivity index (χ3n) is 3.77. The number of esters is 1. The van der Waals surface area contributed by atoms with Crippen molar-refractivity contribution in [1.82, 2.24) is 5.32 Å². The molecule has 2 fully saturated rings. The van der Waals surface area contributed by atoms with Gasteiger partial charge in [0.2, 0.25) is 5.54 Å². The highest BCUT2D eigenvalue weighted by Gasteiger charge is 2.81. The van der Waals surface area contributed by atoms with Crippen LogP contribution < -0.4 is 5.32 Å². The fraction of sp³-hybridized carbons (Fsp3) is 0.900. The summed E-state index contributed by atoms with van der Waals surface area (Å²) >= 11 is 2.83. The number of halogens is 7. The van der Waals surface area contributed by atoms with Crippen LogP contribution in [0, 0.1) is 5.92 Å². The minimum Gasteiger partial charge on any atom is -0.460 e. The quantitative estimate of drug-likeness (QED) is 0.438. The molecule has 0 spiro atoms. The highest BCUT2D eigenvalue weighted by atomic mass is 79.9. The number of nitrogens with one attached hydrogen (secondary N) is 1. The minimum absolute atomic E-state index is 0.368. The van der Waals surface area contributed by atoms with E-state index in [2.05, 4.69) is 15.9 Å². The first-order valence-electron chi connectivity index (χ1n) is 5.64. The number of carbonyl (C=O) groups excluding carboxylic acids is 1. The van der Waals surface area contributed by atoms with E-state index in [1.807, 2.05) is 0 Å². The Morgan fingerprint density at radius 3 is 2.10 bits per heavy atom. The molecule has 0 aromatic carbocycles. The number of carbonyl (C=O) groups is 1. The lowest BCUT2D eigenvalue weighted by Crippen LogP contribution is -2.73. The van der Waals surface area contributed by atoms with Gasteiger partial charge in [0.05, 0.1) is 4.83 Å². The predicted molar refractivity (Wildman–Crippen MR) is 58.1 cm³/mol. The Kier molecular flexibility index (Phi) is 3.56. The third-order valence-corrected chi connectivity index (χ3v) is 4.93. The van der Waals surface area contributed by atoms with Crippen molar-refractivity contribution in [2.24, 2.45) is 5.92 Å². The molecule has 1 aliphatic carbocycles. The summed E-state index contributed by atoms with van der Waals surface area (Å²) in [6, 6.07) is -1.18. The highest BCUT2D eigenvalue weighted by Crippen LogP contribution is 2.59. The summed E-state index contributed by atoms with van der Waals surface area (Å²) in [6.45, 7) is 1.05. The van der Waals surface area contributed by atoms with Gasteiger partial charge in [-0.1, -0.05) is 15.9 Å². The molecule has 1 aliphatic heterocycles. The molecule has 0 amide bonds. The third kappa shape index (κ3) is 2.02. The number of alkyl halides is 7. The number of hydrogen-bond donors (Lipinski definition) is 1. The maximum Gasteiger partial charge on any atom is 0.415 e. The second-order valence-electron chi connectivity index (χ2n) is 4.92. The Morgan fingerprint density at radius 2 is 1.75 bits per heavy atom. The number of piperidine rings is 1. The maximum absolute atomic E-state index is 13.0. The Balaban J connectivity index is 2.37. The van der Waals surface area contributed by atoms with Gasteiger partial charge < -0.3 is 4.74 Å². The van der Waals surface area contributed by atoms with Crippen LogP contribution >= 0.6 is 15.9 Å². The molecule has 4 atom stereocenters. The summed E-state index contributed by atoms with van der Waals surface area (Å²) in [5.41, 5.74) is -3.96. The van der Waals surface area contributed by atoms with Crippen molar-refractivity contribution in [3.05, 3.63) is 0 Å². The van der Waals surface area contributed by atoms with Crippen LogP contribution in [0.3, 0.4) is 0 Å². The van der Waals surface area contributed by atoms with Crippen LogP contribution in [-0.2, 0) is 9.53 Å². The topological polar surface area (TPSA) is 38.3 Å². The lowest BCUT2D eigenvalue weighted by Gasteiger charge is -2.44. The van der Waals surface area contributed by atoms with Gasteiger partial charge >= 0.3 is 18.3 Å². The predicted octanol–water partition coefficient (Wildman–Crippen LogP) is 2.54. The van der Waals surface area contributed by atoms with Crippen molar-refractivity contribution in [3.63, 3.8) is 0 Å². The van der Waals surface area contributed by atoms with Crippen LogP contribution in [-0.4, -0.2) is 40.8 Å². The van der Waals surface area contributed by atoms with Crippen molar-refractivity contribution in [1.29, 1.82) is 0 Å². The first-order chi connectivity index (χ1) is 8.92. The number of ether oxygens (including phenoxy) is 1. The molecule has 1 N–H and O–H groups in total. The van der Waals surface area contributed by atoms with E-state index >= 15 is 0 Å². The Labute approximate surface area is 118 Å². The molecule has 1 saturated carbocycles. The molecule has 2 aliphatic rings. The molecule has 0 aromatic rings. The van der Waals surface area contributed by atoms with Gasteiger partial charge in [0.15, 0.2) is 0 Å². The van der Waals surface area contributed by atoms with E-state index in [1.54, 1.807) is 5.32 Å². The van der Waals surface area contributed by atoms with E-state index in [-0.39, 0.29) is 6.42 Å². The fourth-order valence-electron chi connectivity index (χ4n) is 3.03. The van der Waals surface area contributed by atoms with E-state index in [9.17, 15) is 31.1 Å². The van der Waals surface area contributed by atoms with Crippen LogP contribution in [0.2, 0.25) is 0 Å². The summed E-state index contributed by atoms with van der Waals surface area (Å²) in [5, 5.41) is 1.61. The van der Waals surface area contributed by atoms with Crippen LogP contribution in [0.25, 0.3) is 0 Å². The van der Waals surface area contributed by atoms with Crippen LogP contribution in [0.1, 0.15) is 13.3 Å². The fourth-order valence-corrected chi connectivity index (χ4v) is 4.12. The zero-order valence-corrected chi connectivity index (χ0v) is 11.6. The number of rotatable bonds is 1. The standard InChI is InChI=1S/C10H10BrF6NO2/c1-3(19)20-7-5-2-4(6(7)11)8(18-5,9(12,13)14)10(15,16)17/h4-7,18H,2H2,1H3/t4-,5-,6-,7+/m0/s1. The van der Waals surface area contributed by atoms with Crippen molar-refractivity contribution >= 4 is 21.9 Å². The van der Waals surface area contributed by atoms with E-state index in [0.717, 1.165) is 6.92 Å². The number of fused-ring (bicyclic) bond motifs is 2. The molecule has 20 heavy (non-hydrogen) atoms. The van der Waals surface area contributed by atoms with Crippen molar-refractivity contribution in [2.75, 3.05) is 0 Å². The van der Waals surface area contributed by atoms with Gasteiger partial charge in [0.25, 0.3) is 0 Å². The lowest BCUT2D eigenvalue weighted by atomic mass is 9.82. The summed E-state index contributed by atoms with van der Waals surface area (Å²) in [5.74, 6) is -2.53. The maximum atomic E-state index is 13.0. The lowest BCUT2D eigenvalue weighted by molar-refractivity contribution is -0.320. The van der Waals surface area contributed by atoms with Crippen LogP contribution in [0.15, 0.2) is 0 Å². The minimum atomic E-state index is -5.49. The number of hydrogen-bond acceptors (Lipinski definition) is 3. The first kappa shape index (κ1) is 15.9. The van der Waals surface area contributed by atoms with Crippen molar-refractivity contribution in [3.8, 4) is 0 Å². The van der Waals surface area contributed by atoms with Gasteiger partial charge in [-0.2, -0.15) is 26.3 Å². The van der Waals surface area contributed by atoms with Gasteiger partial charge in [-0.05, 0) is 6.42 Å². The molecule has 3 nitrogen and oxygen atoms in total. The average Bonchev–Trinajstić information content (AvgIpc) is 2.74. The summed E-state index contributed by atoms with van der Waals surface area (Å²) < 4.78 is 82.9. The van der Waals surface area contributed by atoms with E-state index in [4.69, 9.17) is 4.74 Å². The molecule has 0 aromatic heterocycles. The SMILES string of the molecule is CC(=O)O[C@H]1[C@@H](Br)[C@@H]2C[C@@H]1NC2(C(F)(F)F)C(F)(F)F. The van der Waals surface area contributed by atoms with Gasteiger partial charge in [-0.15, -0.1) is 0 Å². The highest BCUT2D eigenvalue weighted by molar-refractivity contribution is 9.09. The van der Waals surface area contributed by atoms with Crippen molar-refractivity contribution in [2.45, 2.75) is 48.2 Å². The summed E-state index contributed by atoms with van der Waals surface area (Å²) in [6.07, 6.45) is -12.4. The molecule has 2 bridgehead atoms. The molecule has 1 heterocycles. The Bertz CT molecular complexity index is 407. The molecular formula is C10H10BrF6NO2. The molecule has 10 heteroatoms. The largest absolute Gasteiger partial charge is 0.460 e. The van der Waals surface area contributed by atoms with Gasteiger partial charge in [0.1, 0.15) is 6.10 Å². The molecule has 2 rings (SSSR count). The zero-order valence-electron chi connectivity index (χ0n) is 9.98. The Morgan fingerprint density at radius 1 is 1.25 bits per heavy atom. The molecule has 0 unspecified atom stereocenters. The van der Waals surface area contributed by atoms with E-state index in [1.165, 1.54) is 0 Å². The monoisotopic (exact) mass is 369 g/mol. The second kappa shape index (κ2) is 4.49. The summed E-state index contributed by atoms with van der Waals surface area (Å²) in [7, 11) is 0. The van der Waals surface area contributed by atoms with E-state index in [0.29, 0.717) is 0 Å². The van der Waals surface area contributed by atoms with Gasteiger partial charge in [-0.25, -0.2) is 0 Å². The zero-order chi connectivity index (χ0) is 15.5.